The Morgan fingerprint density at radius 2 is 2.10 bits per heavy atom. The van der Waals surface area contributed by atoms with Gasteiger partial charge in [0.1, 0.15) is 5.82 Å². The average Bonchev–Trinajstić information content (AvgIpc) is 2.35. The molecule has 0 radical (unpaired) electrons. The van der Waals surface area contributed by atoms with Crippen LogP contribution in [0.4, 0.5) is 4.39 Å². The fourth-order valence-electron chi connectivity index (χ4n) is 1.61. The third-order valence-electron chi connectivity index (χ3n) is 3.14. The Hall–Kier alpha value is -0.650. The van der Waals surface area contributed by atoms with Crippen molar-refractivity contribution >= 4 is 34.2 Å². The van der Waals surface area contributed by atoms with E-state index in [9.17, 15) is 9.18 Å². The Bertz CT molecular complexity index is 443. The molecule has 114 valence electrons. The molecule has 6 heteroatoms. The van der Waals surface area contributed by atoms with Crippen molar-refractivity contribution < 1.29 is 9.18 Å². The van der Waals surface area contributed by atoms with E-state index in [0.29, 0.717) is 24.9 Å². The highest BCUT2D eigenvalue weighted by Gasteiger charge is 2.16. The van der Waals surface area contributed by atoms with Gasteiger partial charge >= 0.3 is 0 Å². The first-order chi connectivity index (χ1) is 8.91. The van der Waals surface area contributed by atoms with Gasteiger partial charge in [-0.05, 0) is 37.5 Å². The Morgan fingerprint density at radius 1 is 1.45 bits per heavy atom. The standard InChI is InChI=1S/C14H20BrFN2O.ClH/c1-9(10(2)17)14(19)18-7-3-4-11-5-6-12(15)8-13(11)16;/h5-6,8-10H,3-4,7,17H2,1-2H3,(H,18,19);1H. The van der Waals surface area contributed by atoms with Gasteiger partial charge in [-0.1, -0.05) is 28.9 Å². The maximum absolute atomic E-state index is 13.5. The molecule has 0 heterocycles. The molecule has 2 atom stereocenters. The number of benzene rings is 1. The third-order valence-corrected chi connectivity index (χ3v) is 3.63. The third kappa shape index (κ3) is 6.20. The Morgan fingerprint density at radius 3 is 2.65 bits per heavy atom. The molecule has 20 heavy (non-hydrogen) atoms. The fourth-order valence-corrected chi connectivity index (χ4v) is 1.95. The number of aryl methyl sites for hydroxylation is 1. The lowest BCUT2D eigenvalue weighted by Crippen LogP contribution is -2.39. The highest BCUT2D eigenvalue weighted by Crippen LogP contribution is 2.16. The van der Waals surface area contributed by atoms with Gasteiger partial charge in [-0.2, -0.15) is 0 Å². The van der Waals surface area contributed by atoms with Crippen LogP contribution in [0, 0.1) is 11.7 Å². The van der Waals surface area contributed by atoms with Crippen molar-refractivity contribution in [3.05, 3.63) is 34.1 Å². The van der Waals surface area contributed by atoms with E-state index >= 15 is 0 Å². The SMILES string of the molecule is CC(N)C(C)C(=O)NCCCc1ccc(Br)cc1F.Cl. The van der Waals surface area contributed by atoms with E-state index in [-0.39, 0.29) is 36.1 Å². The summed E-state index contributed by atoms with van der Waals surface area (Å²) in [4.78, 5) is 11.6. The van der Waals surface area contributed by atoms with Crippen LogP contribution in [0.25, 0.3) is 0 Å². The molecule has 0 fully saturated rings. The molecule has 0 saturated carbocycles. The number of hydrogen-bond donors (Lipinski definition) is 2. The molecule has 1 amide bonds. The molecule has 0 saturated heterocycles. The second-order valence-corrected chi connectivity index (χ2v) is 5.69. The van der Waals surface area contributed by atoms with Crippen molar-refractivity contribution in [2.75, 3.05) is 6.54 Å². The van der Waals surface area contributed by atoms with E-state index in [1.54, 1.807) is 19.9 Å². The summed E-state index contributed by atoms with van der Waals surface area (Å²) < 4.78 is 14.3. The van der Waals surface area contributed by atoms with Crippen molar-refractivity contribution in [2.45, 2.75) is 32.7 Å². The van der Waals surface area contributed by atoms with E-state index in [4.69, 9.17) is 5.73 Å². The number of rotatable bonds is 6. The van der Waals surface area contributed by atoms with Crippen LogP contribution < -0.4 is 11.1 Å². The molecule has 3 nitrogen and oxygen atoms in total. The molecule has 0 spiro atoms. The number of halogens is 3. The predicted molar refractivity (Wildman–Crippen MR) is 85.5 cm³/mol. The van der Waals surface area contributed by atoms with Crippen molar-refractivity contribution in [1.29, 1.82) is 0 Å². The molecule has 2 unspecified atom stereocenters. The van der Waals surface area contributed by atoms with E-state index in [1.165, 1.54) is 6.07 Å². The monoisotopic (exact) mass is 366 g/mol. The van der Waals surface area contributed by atoms with Crippen LogP contribution in [-0.2, 0) is 11.2 Å². The van der Waals surface area contributed by atoms with Gasteiger partial charge in [0.05, 0.1) is 0 Å². The lowest BCUT2D eigenvalue weighted by atomic mass is 10.0. The number of hydrogen-bond acceptors (Lipinski definition) is 2. The zero-order valence-electron chi connectivity index (χ0n) is 11.7. The molecule has 0 aliphatic heterocycles. The van der Waals surface area contributed by atoms with Gasteiger partial charge in [-0.3, -0.25) is 4.79 Å². The zero-order chi connectivity index (χ0) is 14.4. The molecule has 1 aromatic carbocycles. The number of carbonyl (C=O) groups excluding carboxylic acids is 1. The summed E-state index contributed by atoms with van der Waals surface area (Å²) >= 11 is 3.22. The predicted octanol–water partition coefficient (Wildman–Crippen LogP) is 3.04. The van der Waals surface area contributed by atoms with Crippen LogP contribution in [0.3, 0.4) is 0 Å². The Labute approximate surface area is 134 Å². The fraction of sp³-hybridized carbons (Fsp3) is 0.500. The summed E-state index contributed by atoms with van der Waals surface area (Å²) in [6.07, 6.45) is 1.31. The summed E-state index contributed by atoms with van der Waals surface area (Å²) in [5.74, 6) is -0.472. The van der Waals surface area contributed by atoms with Crippen LogP contribution in [0.5, 0.6) is 0 Å². The zero-order valence-corrected chi connectivity index (χ0v) is 14.1. The van der Waals surface area contributed by atoms with E-state index < -0.39 is 0 Å². The minimum Gasteiger partial charge on any atom is -0.356 e. The second kappa shape index (κ2) is 9.32. The second-order valence-electron chi connectivity index (χ2n) is 4.78. The highest BCUT2D eigenvalue weighted by atomic mass is 79.9. The first kappa shape index (κ1) is 19.4. The molecule has 0 aliphatic rings. The van der Waals surface area contributed by atoms with Crippen LogP contribution in [0.15, 0.2) is 22.7 Å². The Balaban J connectivity index is 0.00000361. The number of nitrogens with one attached hydrogen (secondary N) is 1. The lowest BCUT2D eigenvalue weighted by molar-refractivity contribution is -0.124. The van der Waals surface area contributed by atoms with Crippen molar-refractivity contribution in [1.82, 2.24) is 5.32 Å². The maximum Gasteiger partial charge on any atom is 0.224 e. The van der Waals surface area contributed by atoms with Crippen LogP contribution in [-0.4, -0.2) is 18.5 Å². The van der Waals surface area contributed by atoms with Crippen LogP contribution in [0.1, 0.15) is 25.8 Å². The van der Waals surface area contributed by atoms with Gasteiger partial charge in [-0.25, -0.2) is 4.39 Å². The van der Waals surface area contributed by atoms with E-state index in [0.717, 1.165) is 4.47 Å². The van der Waals surface area contributed by atoms with Crippen molar-refractivity contribution in [2.24, 2.45) is 11.7 Å². The topological polar surface area (TPSA) is 55.1 Å². The minimum absolute atomic E-state index is 0. The number of carbonyl (C=O) groups is 1. The average molecular weight is 368 g/mol. The molecule has 0 aromatic heterocycles. The summed E-state index contributed by atoms with van der Waals surface area (Å²) in [6, 6.07) is 4.86. The smallest absolute Gasteiger partial charge is 0.224 e. The number of nitrogens with two attached hydrogens (primary N) is 1. The molecular formula is C14H21BrClFN2O. The van der Waals surface area contributed by atoms with Crippen LogP contribution >= 0.6 is 28.3 Å². The first-order valence-corrected chi connectivity index (χ1v) is 7.18. The summed E-state index contributed by atoms with van der Waals surface area (Å²) in [7, 11) is 0. The molecule has 1 rings (SSSR count). The summed E-state index contributed by atoms with van der Waals surface area (Å²) in [6.45, 7) is 4.14. The van der Waals surface area contributed by atoms with Crippen LogP contribution in [0.2, 0.25) is 0 Å². The summed E-state index contributed by atoms with van der Waals surface area (Å²) in [5.41, 5.74) is 6.32. The first-order valence-electron chi connectivity index (χ1n) is 6.39. The normalized spacial score (nSPS) is 13.2. The van der Waals surface area contributed by atoms with Gasteiger partial charge in [-0.15, -0.1) is 12.4 Å². The van der Waals surface area contributed by atoms with Gasteiger partial charge in [0.15, 0.2) is 0 Å². The minimum atomic E-state index is -0.218. The Kier molecular flexibility index (Phi) is 9.01. The van der Waals surface area contributed by atoms with Gasteiger partial charge in [0, 0.05) is 23.0 Å². The molecule has 0 bridgehead atoms. The largest absolute Gasteiger partial charge is 0.356 e. The van der Waals surface area contributed by atoms with Gasteiger partial charge in [0.2, 0.25) is 5.91 Å². The quantitative estimate of drug-likeness (QED) is 0.759. The van der Waals surface area contributed by atoms with Crippen molar-refractivity contribution in [3.8, 4) is 0 Å². The maximum atomic E-state index is 13.5. The summed E-state index contributed by atoms with van der Waals surface area (Å²) in [5, 5.41) is 2.81. The molecule has 3 N–H and O–H groups in total. The van der Waals surface area contributed by atoms with Gasteiger partial charge in [0.25, 0.3) is 0 Å². The lowest BCUT2D eigenvalue weighted by Gasteiger charge is -2.15. The van der Waals surface area contributed by atoms with E-state index in [1.807, 2.05) is 6.07 Å². The van der Waals surface area contributed by atoms with Crippen molar-refractivity contribution in [3.63, 3.8) is 0 Å². The van der Waals surface area contributed by atoms with Gasteiger partial charge < -0.3 is 11.1 Å². The highest BCUT2D eigenvalue weighted by molar-refractivity contribution is 9.10. The number of amides is 1. The molecule has 0 aliphatic carbocycles. The van der Waals surface area contributed by atoms with E-state index in [2.05, 4.69) is 21.2 Å². The molecule has 1 aromatic rings. The molecular weight excluding hydrogens is 347 g/mol.